The molecule has 0 radical (unpaired) electrons. The monoisotopic (exact) mass is 358 g/mol. The van der Waals surface area contributed by atoms with Crippen molar-refractivity contribution in [1.82, 2.24) is 8.80 Å². The molecule has 0 saturated heterocycles. The van der Waals surface area contributed by atoms with Crippen LogP contribution in [0.1, 0.15) is 11.1 Å². The van der Waals surface area contributed by atoms with Gasteiger partial charge in [-0.3, -0.25) is 0 Å². The molecule has 7 aromatic rings. The van der Waals surface area contributed by atoms with Crippen LogP contribution in [0.3, 0.4) is 0 Å². The van der Waals surface area contributed by atoms with Crippen molar-refractivity contribution in [2.45, 2.75) is 13.8 Å². The van der Waals surface area contributed by atoms with E-state index >= 15 is 0 Å². The first-order valence-corrected chi connectivity index (χ1v) is 9.81. The van der Waals surface area contributed by atoms with E-state index in [1.807, 2.05) is 0 Å². The van der Waals surface area contributed by atoms with Crippen molar-refractivity contribution >= 4 is 54.6 Å². The molecule has 7 rings (SSSR count). The molecule has 0 atom stereocenters. The Bertz CT molecular complexity index is 1730. The van der Waals surface area contributed by atoms with Gasteiger partial charge in [0.1, 0.15) is 0 Å². The lowest BCUT2D eigenvalue weighted by Gasteiger charge is -2.12. The van der Waals surface area contributed by atoms with Gasteiger partial charge in [-0.1, -0.05) is 42.0 Å². The van der Waals surface area contributed by atoms with E-state index in [9.17, 15) is 0 Å². The van der Waals surface area contributed by atoms with Gasteiger partial charge in [-0.2, -0.15) is 0 Å². The normalized spacial score (nSPS) is 12.6. The van der Waals surface area contributed by atoms with Gasteiger partial charge in [0.25, 0.3) is 0 Å². The fourth-order valence-corrected chi connectivity index (χ4v) is 5.23. The summed E-state index contributed by atoms with van der Waals surface area (Å²) >= 11 is 0. The van der Waals surface area contributed by atoms with E-state index in [2.05, 4.69) is 95.4 Å². The Morgan fingerprint density at radius 1 is 0.464 bits per heavy atom. The number of benzene rings is 4. The average Bonchev–Trinajstić information content (AvgIpc) is 3.21. The van der Waals surface area contributed by atoms with Crippen LogP contribution in [0.4, 0.5) is 0 Å². The van der Waals surface area contributed by atoms with Crippen LogP contribution >= 0.6 is 0 Å². The Labute approximate surface area is 161 Å². The second kappa shape index (κ2) is 4.66. The van der Waals surface area contributed by atoms with E-state index in [0.29, 0.717) is 0 Å². The average molecular weight is 358 g/mol. The van der Waals surface area contributed by atoms with Crippen LogP contribution < -0.4 is 0 Å². The van der Waals surface area contributed by atoms with Gasteiger partial charge in [0.05, 0.1) is 33.1 Å². The first kappa shape index (κ1) is 14.5. The van der Waals surface area contributed by atoms with Gasteiger partial charge >= 0.3 is 0 Å². The highest BCUT2D eigenvalue weighted by Gasteiger charge is 2.20. The molecule has 0 unspecified atom stereocenters. The third-order valence-electron chi connectivity index (χ3n) is 6.30. The fraction of sp³-hybridized carbons (Fsp3) is 0.0769. The van der Waals surface area contributed by atoms with Crippen molar-refractivity contribution in [1.29, 1.82) is 0 Å². The van der Waals surface area contributed by atoms with Gasteiger partial charge in [-0.15, -0.1) is 0 Å². The summed E-state index contributed by atoms with van der Waals surface area (Å²) in [5.41, 5.74) is 10.3. The Balaban J connectivity index is 1.98. The summed E-state index contributed by atoms with van der Waals surface area (Å²) < 4.78 is 4.95. The van der Waals surface area contributed by atoms with E-state index < -0.39 is 0 Å². The summed E-state index contributed by atoms with van der Waals surface area (Å²) in [5, 5.41) is 5.32. The van der Waals surface area contributed by atoms with Crippen molar-refractivity contribution in [3.63, 3.8) is 0 Å². The minimum atomic E-state index is 1.27. The van der Waals surface area contributed by atoms with Crippen molar-refractivity contribution in [3.8, 4) is 0 Å². The quantitative estimate of drug-likeness (QED) is 0.262. The lowest BCUT2D eigenvalue weighted by molar-refractivity contribution is 1.25. The van der Waals surface area contributed by atoms with Gasteiger partial charge in [0, 0.05) is 21.5 Å². The molecule has 0 aliphatic heterocycles. The molecule has 132 valence electrons. The summed E-state index contributed by atoms with van der Waals surface area (Å²) in [4.78, 5) is 0. The first-order chi connectivity index (χ1) is 13.7. The maximum Gasteiger partial charge on any atom is 0.0783 e. The van der Waals surface area contributed by atoms with Crippen LogP contribution in [0.25, 0.3) is 54.6 Å². The molecule has 3 heterocycles. The molecule has 3 aromatic heterocycles. The molecule has 4 aromatic carbocycles. The predicted molar refractivity (Wildman–Crippen MR) is 119 cm³/mol. The van der Waals surface area contributed by atoms with Crippen LogP contribution in [0.15, 0.2) is 72.8 Å². The number of rotatable bonds is 0. The summed E-state index contributed by atoms with van der Waals surface area (Å²) in [5.74, 6) is 0. The molecular weight excluding hydrogens is 340 g/mol. The number of fused-ring (bicyclic) bond motifs is 8. The molecule has 2 nitrogen and oxygen atoms in total. The smallest absolute Gasteiger partial charge is 0.0783 e. The van der Waals surface area contributed by atoms with Gasteiger partial charge < -0.3 is 8.80 Å². The second-order valence-electron chi connectivity index (χ2n) is 8.06. The molecule has 0 saturated carbocycles. The van der Waals surface area contributed by atoms with Crippen LogP contribution in [-0.2, 0) is 0 Å². The van der Waals surface area contributed by atoms with Crippen molar-refractivity contribution < 1.29 is 0 Å². The molecule has 0 amide bonds. The summed E-state index contributed by atoms with van der Waals surface area (Å²) in [6, 6.07) is 27.0. The van der Waals surface area contributed by atoms with Gasteiger partial charge in [-0.25, -0.2) is 0 Å². The lowest BCUT2D eigenvalue weighted by atomic mass is 10.1. The van der Waals surface area contributed by atoms with Crippen molar-refractivity contribution in [2.24, 2.45) is 0 Å². The van der Waals surface area contributed by atoms with E-state index in [4.69, 9.17) is 0 Å². The Hall–Kier alpha value is -3.52. The van der Waals surface area contributed by atoms with Crippen molar-refractivity contribution in [2.75, 3.05) is 0 Å². The van der Waals surface area contributed by atoms with Gasteiger partial charge in [-0.05, 0) is 55.8 Å². The Morgan fingerprint density at radius 2 is 1.14 bits per heavy atom. The summed E-state index contributed by atoms with van der Waals surface area (Å²) in [6.07, 6.45) is 0. The van der Waals surface area contributed by atoms with Gasteiger partial charge in [0.2, 0.25) is 0 Å². The Morgan fingerprint density at radius 3 is 2.07 bits per heavy atom. The van der Waals surface area contributed by atoms with E-state index in [1.54, 1.807) is 0 Å². The predicted octanol–water partition coefficient (Wildman–Crippen LogP) is 6.86. The van der Waals surface area contributed by atoms with E-state index in [1.165, 1.54) is 65.8 Å². The molecule has 0 spiro atoms. The minimum absolute atomic E-state index is 1.27. The molecule has 0 bridgehead atoms. The third-order valence-corrected chi connectivity index (χ3v) is 6.30. The standard InChI is InChI=1S/C26H18N2/c1-15-10-11-22-19(12-15)20-13-16(2)14-24-26(20)27(22)23-9-5-7-18-17-6-3-4-8-21(17)28(24)25(18)23/h3-14H,1-2H3. The zero-order chi connectivity index (χ0) is 18.6. The largest absolute Gasteiger partial charge is 0.305 e. The van der Waals surface area contributed by atoms with Gasteiger partial charge in [0.15, 0.2) is 0 Å². The first-order valence-electron chi connectivity index (χ1n) is 9.81. The van der Waals surface area contributed by atoms with E-state index in [-0.39, 0.29) is 0 Å². The van der Waals surface area contributed by atoms with Crippen LogP contribution in [0, 0.1) is 13.8 Å². The summed E-state index contributed by atoms with van der Waals surface area (Å²) in [6.45, 7) is 4.38. The van der Waals surface area contributed by atoms with Crippen LogP contribution in [0.5, 0.6) is 0 Å². The zero-order valence-electron chi connectivity index (χ0n) is 15.8. The lowest BCUT2D eigenvalue weighted by Crippen LogP contribution is -1.97. The maximum atomic E-state index is 2.47. The van der Waals surface area contributed by atoms with Crippen molar-refractivity contribution in [3.05, 3.63) is 83.9 Å². The highest BCUT2D eigenvalue weighted by Crippen LogP contribution is 2.40. The molecule has 0 aliphatic rings. The number of aryl methyl sites for hydroxylation is 2. The number of para-hydroxylation sites is 2. The molecule has 2 heteroatoms. The highest BCUT2D eigenvalue weighted by molar-refractivity contribution is 6.21. The second-order valence-corrected chi connectivity index (χ2v) is 8.06. The number of hydrogen-bond donors (Lipinski definition) is 0. The summed E-state index contributed by atoms with van der Waals surface area (Å²) in [7, 11) is 0. The molecular formula is C26H18N2. The Kier molecular flexibility index (Phi) is 2.42. The molecule has 0 fully saturated rings. The minimum Gasteiger partial charge on any atom is -0.305 e. The SMILES string of the molecule is Cc1ccc2c(c1)c1cc(C)cc3c1n2c1cccc2c4ccccc4n3c21. The molecule has 0 aliphatic carbocycles. The molecule has 0 N–H and O–H groups in total. The molecule has 28 heavy (non-hydrogen) atoms. The number of nitrogens with zero attached hydrogens (tertiary/aromatic N) is 2. The topological polar surface area (TPSA) is 8.82 Å². The fourth-order valence-electron chi connectivity index (χ4n) is 5.23. The number of hydrogen-bond acceptors (Lipinski definition) is 0. The van der Waals surface area contributed by atoms with Crippen LogP contribution in [-0.4, -0.2) is 8.80 Å². The zero-order valence-corrected chi connectivity index (χ0v) is 15.8. The van der Waals surface area contributed by atoms with Crippen LogP contribution in [0.2, 0.25) is 0 Å². The maximum absolute atomic E-state index is 2.47. The highest BCUT2D eigenvalue weighted by atomic mass is 15.0. The third kappa shape index (κ3) is 1.52. The van der Waals surface area contributed by atoms with E-state index in [0.717, 1.165) is 0 Å². The number of aromatic nitrogens is 2.